The first kappa shape index (κ1) is 24.6. The van der Waals surface area contributed by atoms with Crippen molar-refractivity contribution in [1.29, 1.82) is 0 Å². The average Bonchev–Trinajstić information content (AvgIpc) is 3.38. The molecule has 0 aromatic heterocycles. The Morgan fingerprint density at radius 3 is 2.35 bits per heavy atom. The molecule has 1 amide bonds. The molecule has 1 saturated heterocycles. The van der Waals surface area contributed by atoms with E-state index in [1.807, 2.05) is 18.2 Å². The second-order valence-electron chi connectivity index (χ2n) is 9.51. The Hall–Kier alpha value is -2.57. The third-order valence-corrected chi connectivity index (χ3v) is 6.82. The predicted octanol–water partition coefficient (Wildman–Crippen LogP) is 5.12. The molecule has 6 heteroatoms. The summed E-state index contributed by atoms with van der Waals surface area (Å²) in [6, 6.07) is 14.3. The van der Waals surface area contributed by atoms with Crippen LogP contribution in [0.25, 0.3) is 0 Å². The number of nitrogens with zero attached hydrogens (tertiary/aromatic N) is 1. The number of carbonyl (C=O) groups is 1. The highest BCUT2D eigenvalue weighted by Crippen LogP contribution is 2.32. The lowest BCUT2D eigenvalue weighted by Gasteiger charge is -2.25. The zero-order valence-corrected chi connectivity index (χ0v) is 20.5. The van der Waals surface area contributed by atoms with Gasteiger partial charge in [-0.2, -0.15) is 0 Å². The van der Waals surface area contributed by atoms with E-state index in [1.54, 1.807) is 7.11 Å². The molecule has 0 unspecified atom stereocenters. The van der Waals surface area contributed by atoms with E-state index >= 15 is 0 Å². The highest BCUT2D eigenvalue weighted by atomic mass is 16.5. The number of carbonyl (C=O) groups excluding carboxylic acids is 1. The zero-order valence-electron chi connectivity index (χ0n) is 20.5. The molecular formula is C28H39N3O3. The molecule has 34 heavy (non-hydrogen) atoms. The fourth-order valence-corrected chi connectivity index (χ4v) is 4.83. The van der Waals surface area contributed by atoms with Crippen LogP contribution in [-0.4, -0.2) is 43.7 Å². The van der Waals surface area contributed by atoms with Crippen LogP contribution in [0.4, 0.5) is 5.69 Å². The SMILES string of the molecule is COc1ccc(CNCc2ccc(NC(=O)CCN3CCCCC3)cc2)cc1OC1CCCC1. The van der Waals surface area contributed by atoms with Gasteiger partial charge < -0.3 is 25.0 Å². The molecule has 2 N–H and O–H groups in total. The minimum absolute atomic E-state index is 0.0894. The maximum atomic E-state index is 12.3. The number of piperidine rings is 1. The van der Waals surface area contributed by atoms with Gasteiger partial charge in [-0.1, -0.05) is 24.6 Å². The first-order chi connectivity index (χ1) is 16.7. The molecule has 2 aromatic rings. The summed E-state index contributed by atoms with van der Waals surface area (Å²) in [5.41, 5.74) is 3.21. The van der Waals surface area contributed by atoms with Crippen LogP contribution in [0.3, 0.4) is 0 Å². The third-order valence-electron chi connectivity index (χ3n) is 6.82. The highest BCUT2D eigenvalue weighted by Gasteiger charge is 2.18. The second kappa shape index (κ2) is 12.8. The van der Waals surface area contributed by atoms with Crippen molar-refractivity contribution in [2.24, 2.45) is 0 Å². The van der Waals surface area contributed by atoms with Crippen molar-refractivity contribution in [1.82, 2.24) is 10.2 Å². The first-order valence-electron chi connectivity index (χ1n) is 12.8. The molecule has 0 radical (unpaired) electrons. The zero-order chi connectivity index (χ0) is 23.6. The summed E-state index contributed by atoms with van der Waals surface area (Å²) in [7, 11) is 1.69. The largest absolute Gasteiger partial charge is 0.493 e. The molecule has 1 heterocycles. The Bertz CT molecular complexity index is 904. The van der Waals surface area contributed by atoms with Gasteiger partial charge in [0.2, 0.25) is 5.91 Å². The summed E-state index contributed by atoms with van der Waals surface area (Å²) in [6.07, 6.45) is 9.43. The average molecular weight is 466 g/mol. The minimum Gasteiger partial charge on any atom is -0.493 e. The predicted molar refractivity (Wildman–Crippen MR) is 136 cm³/mol. The number of methoxy groups -OCH3 is 1. The lowest BCUT2D eigenvalue weighted by atomic mass is 10.1. The van der Waals surface area contributed by atoms with Crippen molar-refractivity contribution < 1.29 is 14.3 Å². The molecule has 0 bridgehead atoms. The first-order valence-corrected chi connectivity index (χ1v) is 12.8. The van der Waals surface area contributed by atoms with E-state index in [0.717, 1.165) is 62.8 Å². The maximum Gasteiger partial charge on any atom is 0.225 e. The van der Waals surface area contributed by atoms with Gasteiger partial charge in [0.05, 0.1) is 13.2 Å². The Labute approximate surface area is 204 Å². The molecule has 1 aliphatic heterocycles. The molecule has 184 valence electrons. The lowest BCUT2D eigenvalue weighted by Crippen LogP contribution is -2.32. The molecule has 0 atom stereocenters. The molecule has 1 aliphatic carbocycles. The van der Waals surface area contributed by atoms with Crippen LogP contribution in [0, 0.1) is 0 Å². The molecule has 6 nitrogen and oxygen atoms in total. The molecule has 0 spiro atoms. The third kappa shape index (κ3) is 7.47. The van der Waals surface area contributed by atoms with E-state index < -0.39 is 0 Å². The van der Waals surface area contributed by atoms with Crippen LogP contribution in [0.15, 0.2) is 42.5 Å². The number of rotatable bonds is 11. The Kier molecular flexibility index (Phi) is 9.22. The smallest absolute Gasteiger partial charge is 0.225 e. The fourth-order valence-electron chi connectivity index (χ4n) is 4.83. The van der Waals surface area contributed by atoms with Crippen molar-refractivity contribution in [3.05, 3.63) is 53.6 Å². The van der Waals surface area contributed by atoms with Gasteiger partial charge >= 0.3 is 0 Å². The number of benzene rings is 2. The van der Waals surface area contributed by atoms with E-state index in [-0.39, 0.29) is 5.91 Å². The number of amides is 1. The summed E-state index contributed by atoms with van der Waals surface area (Å²) in [4.78, 5) is 14.7. The molecule has 2 fully saturated rings. The van der Waals surface area contributed by atoms with Gasteiger partial charge in [-0.15, -0.1) is 0 Å². The second-order valence-corrected chi connectivity index (χ2v) is 9.51. The van der Waals surface area contributed by atoms with Gasteiger partial charge in [0.25, 0.3) is 0 Å². The van der Waals surface area contributed by atoms with Gasteiger partial charge in [0.15, 0.2) is 11.5 Å². The van der Waals surface area contributed by atoms with E-state index in [2.05, 4.69) is 39.8 Å². The van der Waals surface area contributed by atoms with Crippen LogP contribution in [0.2, 0.25) is 0 Å². The van der Waals surface area contributed by atoms with Crippen LogP contribution in [-0.2, 0) is 17.9 Å². The number of anilines is 1. The van der Waals surface area contributed by atoms with Crippen LogP contribution in [0.1, 0.15) is 62.5 Å². The molecular weight excluding hydrogens is 426 g/mol. The summed E-state index contributed by atoms with van der Waals surface area (Å²) in [5, 5.41) is 6.53. The molecule has 1 saturated carbocycles. The quantitative estimate of drug-likeness (QED) is 0.482. The number of ether oxygens (including phenoxy) is 2. The molecule has 4 rings (SSSR count). The van der Waals surface area contributed by atoms with Crippen molar-refractivity contribution in [2.75, 3.05) is 32.1 Å². The van der Waals surface area contributed by atoms with Crippen molar-refractivity contribution in [3.8, 4) is 11.5 Å². The van der Waals surface area contributed by atoms with E-state index in [0.29, 0.717) is 12.5 Å². The number of hydrogen-bond donors (Lipinski definition) is 2. The van der Waals surface area contributed by atoms with Gasteiger partial charge in [-0.05, 0) is 87.0 Å². The fraction of sp³-hybridized carbons (Fsp3) is 0.536. The number of likely N-dealkylation sites (tertiary alicyclic amines) is 1. The van der Waals surface area contributed by atoms with Gasteiger partial charge in [-0.25, -0.2) is 0 Å². The number of hydrogen-bond acceptors (Lipinski definition) is 5. The maximum absolute atomic E-state index is 12.3. The van der Waals surface area contributed by atoms with Crippen LogP contribution in [0.5, 0.6) is 11.5 Å². The Morgan fingerprint density at radius 2 is 1.62 bits per heavy atom. The summed E-state index contributed by atoms with van der Waals surface area (Å²) < 4.78 is 11.7. The number of nitrogens with one attached hydrogen (secondary N) is 2. The topological polar surface area (TPSA) is 62.8 Å². The van der Waals surface area contributed by atoms with Crippen LogP contribution < -0.4 is 20.1 Å². The van der Waals surface area contributed by atoms with Gasteiger partial charge in [0, 0.05) is 31.7 Å². The molecule has 2 aromatic carbocycles. The van der Waals surface area contributed by atoms with E-state index in [4.69, 9.17) is 9.47 Å². The van der Waals surface area contributed by atoms with Crippen molar-refractivity contribution in [2.45, 2.75) is 70.6 Å². The standard InChI is InChI=1S/C28H39N3O3/c1-33-26-14-11-23(19-27(26)34-25-7-3-4-8-25)21-29-20-22-9-12-24(13-10-22)30-28(32)15-18-31-16-5-2-6-17-31/h9-14,19,25,29H,2-8,15-18,20-21H2,1H3,(H,30,32). The summed E-state index contributed by atoms with van der Waals surface area (Å²) in [6.45, 7) is 4.61. The lowest BCUT2D eigenvalue weighted by molar-refractivity contribution is -0.116. The summed E-state index contributed by atoms with van der Waals surface area (Å²) >= 11 is 0. The van der Waals surface area contributed by atoms with Crippen LogP contribution >= 0.6 is 0 Å². The Balaban J connectivity index is 1.20. The highest BCUT2D eigenvalue weighted by molar-refractivity contribution is 5.90. The minimum atomic E-state index is 0.0894. The Morgan fingerprint density at radius 1 is 0.912 bits per heavy atom. The van der Waals surface area contributed by atoms with E-state index in [1.165, 1.54) is 43.2 Å². The van der Waals surface area contributed by atoms with Crippen molar-refractivity contribution in [3.63, 3.8) is 0 Å². The van der Waals surface area contributed by atoms with Crippen molar-refractivity contribution >= 4 is 11.6 Å². The van der Waals surface area contributed by atoms with E-state index in [9.17, 15) is 4.79 Å². The summed E-state index contributed by atoms with van der Waals surface area (Å²) in [5.74, 6) is 1.73. The van der Waals surface area contributed by atoms with Gasteiger partial charge in [-0.3, -0.25) is 4.79 Å². The molecule has 2 aliphatic rings. The van der Waals surface area contributed by atoms with Gasteiger partial charge in [0.1, 0.15) is 0 Å². The monoisotopic (exact) mass is 465 g/mol. The normalized spacial score (nSPS) is 17.0.